The van der Waals surface area contributed by atoms with E-state index in [0.29, 0.717) is 25.0 Å². The SMILES string of the molecule is OCc1ccccc1-c1ccc(OCc2ccccc2)nc1OCc1ccccc1. The molecule has 0 aliphatic rings. The molecule has 0 bridgehead atoms. The van der Waals surface area contributed by atoms with Crippen LogP contribution >= 0.6 is 0 Å². The fourth-order valence-corrected chi connectivity index (χ4v) is 3.20. The molecule has 0 saturated carbocycles. The molecule has 0 aliphatic carbocycles. The molecule has 0 atom stereocenters. The average molecular weight is 397 g/mol. The summed E-state index contributed by atoms with van der Waals surface area (Å²) in [5, 5.41) is 9.76. The van der Waals surface area contributed by atoms with Gasteiger partial charge < -0.3 is 14.6 Å². The van der Waals surface area contributed by atoms with E-state index < -0.39 is 0 Å². The Balaban J connectivity index is 1.62. The van der Waals surface area contributed by atoms with Crippen LogP contribution in [0, 0.1) is 0 Å². The first kappa shape index (κ1) is 19.7. The first-order valence-corrected chi connectivity index (χ1v) is 9.87. The molecule has 0 unspecified atom stereocenters. The topological polar surface area (TPSA) is 51.6 Å². The van der Waals surface area contributed by atoms with E-state index >= 15 is 0 Å². The summed E-state index contributed by atoms with van der Waals surface area (Å²) in [7, 11) is 0. The number of benzene rings is 3. The number of aromatic nitrogens is 1. The van der Waals surface area contributed by atoms with Crippen LogP contribution < -0.4 is 9.47 Å². The lowest BCUT2D eigenvalue weighted by Crippen LogP contribution is -2.03. The minimum Gasteiger partial charge on any atom is -0.473 e. The quantitative estimate of drug-likeness (QED) is 0.433. The van der Waals surface area contributed by atoms with Crippen molar-refractivity contribution < 1.29 is 14.6 Å². The number of aliphatic hydroxyl groups excluding tert-OH is 1. The predicted octanol–water partition coefficient (Wildman–Crippen LogP) is 5.40. The molecule has 4 aromatic rings. The molecular weight excluding hydrogens is 374 g/mol. The van der Waals surface area contributed by atoms with Crippen LogP contribution in [0.15, 0.2) is 97.1 Å². The molecular formula is C26H23NO3. The van der Waals surface area contributed by atoms with Crippen LogP contribution in [0.5, 0.6) is 11.8 Å². The fraction of sp³-hybridized carbons (Fsp3) is 0.115. The average Bonchev–Trinajstić information content (AvgIpc) is 2.83. The molecule has 30 heavy (non-hydrogen) atoms. The van der Waals surface area contributed by atoms with E-state index in [1.54, 1.807) is 0 Å². The van der Waals surface area contributed by atoms with E-state index in [1.807, 2.05) is 97.1 Å². The molecule has 0 aliphatic heterocycles. The molecule has 1 heterocycles. The van der Waals surface area contributed by atoms with E-state index in [4.69, 9.17) is 9.47 Å². The Morgan fingerprint density at radius 1 is 0.600 bits per heavy atom. The molecule has 0 spiro atoms. The van der Waals surface area contributed by atoms with Gasteiger partial charge in [0, 0.05) is 11.6 Å². The van der Waals surface area contributed by atoms with Crippen LogP contribution in [-0.2, 0) is 19.8 Å². The molecule has 1 N–H and O–H groups in total. The highest BCUT2D eigenvalue weighted by Gasteiger charge is 2.14. The smallest absolute Gasteiger partial charge is 0.225 e. The molecule has 0 saturated heterocycles. The van der Waals surface area contributed by atoms with Crippen molar-refractivity contribution in [2.24, 2.45) is 0 Å². The molecule has 0 fully saturated rings. The lowest BCUT2D eigenvalue weighted by molar-refractivity contribution is 0.268. The summed E-state index contributed by atoms with van der Waals surface area (Å²) in [5.74, 6) is 0.970. The third kappa shape index (κ3) is 4.85. The van der Waals surface area contributed by atoms with Crippen molar-refractivity contribution in [1.29, 1.82) is 0 Å². The Kier molecular flexibility index (Phi) is 6.38. The zero-order valence-electron chi connectivity index (χ0n) is 16.6. The first-order valence-electron chi connectivity index (χ1n) is 9.87. The summed E-state index contributed by atoms with van der Waals surface area (Å²) in [6.07, 6.45) is 0. The van der Waals surface area contributed by atoms with Gasteiger partial charge in [0.05, 0.1) is 6.61 Å². The minimum atomic E-state index is -0.0550. The van der Waals surface area contributed by atoms with Crippen molar-refractivity contribution >= 4 is 0 Å². The minimum absolute atomic E-state index is 0.0550. The highest BCUT2D eigenvalue weighted by atomic mass is 16.5. The lowest BCUT2D eigenvalue weighted by atomic mass is 10.0. The summed E-state index contributed by atoms with van der Waals surface area (Å²) >= 11 is 0. The van der Waals surface area contributed by atoms with Crippen LogP contribution in [0.25, 0.3) is 11.1 Å². The van der Waals surface area contributed by atoms with Gasteiger partial charge in [-0.25, -0.2) is 0 Å². The number of pyridine rings is 1. The molecule has 0 radical (unpaired) electrons. The van der Waals surface area contributed by atoms with Gasteiger partial charge in [-0.2, -0.15) is 4.98 Å². The number of hydrogen-bond acceptors (Lipinski definition) is 4. The van der Waals surface area contributed by atoms with Gasteiger partial charge in [0.15, 0.2) is 0 Å². The van der Waals surface area contributed by atoms with Crippen molar-refractivity contribution in [2.75, 3.05) is 0 Å². The third-order valence-electron chi connectivity index (χ3n) is 4.76. The Hall–Kier alpha value is -3.63. The standard InChI is InChI=1S/C26H23NO3/c28-17-22-13-7-8-14-23(22)24-15-16-25(29-18-20-9-3-1-4-10-20)27-26(24)30-19-21-11-5-2-6-12-21/h1-16,28H,17-19H2. The van der Waals surface area contributed by atoms with Crippen molar-refractivity contribution in [2.45, 2.75) is 19.8 Å². The Morgan fingerprint density at radius 2 is 1.20 bits per heavy atom. The second-order valence-electron chi connectivity index (χ2n) is 6.87. The van der Waals surface area contributed by atoms with E-state index in [2.05, 4.69) is 4.98 Å². The van der Waals surface area contributed by atoms with E-state index in [9.17, 15) is 5.11 Å². The van der Waals surface area contributed by atoms with Gasteiger partial charge in [-0.15, -0.1) is 0 Å². The molecule has 4 nitrogen and oxygen atoms in total. The van der Waals surface area contributed by atoms with Crippen LogP contribution in [-0.4, -0.2) is 10.1 Å². The van der Waals surface area contributed by atoms with Gasteiger partial charge >= 0.3 is 0 Å². The van der Waals surface area contributed by atoms with E-state index in [1.165, 1.54) is 0 Å². The Labute approximate surface area is 176 Å². The molecule has 4 heteroatoms. The van der Waals surface area contributed by atoms with Gasteiger partial charge in [0.2, 0.25) is 11.8 Å². The maximum atomic E-state index is 9.76. The third-order valence-corrected chi connectivity index (χ3v) is 4.76. The molecule has 3 aromatic carbocycles. The summed E-state index contributed by atoms with van der Waals surface area (Å²) < 4.78 is 12.0. The second-order valence-corrected chi connectivity index (χ2v) is 6.87. The highest BCUT2D eigenvalue weighted by molar-refractivity contribution is 5.72. The normalized spacial score (nSPS) is 10.6. The summed E-state index contributed by atoms with van der Waals surface area (Å²) in [5.41, 5.74) is 4.66. The predicted molar refractivity (Wildman–Crippen MR) is 117 cm³/mol. The molecule has 1 aromatic heterocycles. The number of hydrogen-bond donors (Lipinski definition) is 1. The van der Waals surface area contributed by atoms with Gasteiger partial charge in [0.25, 0.3) is 0 Å². The molecule has 4 rings (SSSR count). The van der Waals surface area contributed by atoms with Crippen molar-refractivity contribution in [3.05, 3.63) is 114 Å². The molecule has 150 valence electrons. The first-order chi connectivity index (χ1) is 14.8. The van der Waals surface area contributed by atoms with Gasteiger partial charge in [-0.1, -0.05) is 84.9 Å². The van der Waals surface area contributed by atoms with Crippen molar-refractivity contribution in [3.8, 4) is 22.9 Å². The highest BCUT2D eigenvalue weighted by Crippen LogP contribution is 2.33. The molecule has 0 amide bonds. The monoisotopic (exact) mass is 397 g/mol. The lowest BCUT2D eigenvalue weighted by Gasteiger charge is -2.15. The number of rotatable bonds is 8. The van der Waals surface area contributed by atoms with Crippen molar-refractivity contribution in [3.63, 3.8) is 0 Å². The van der Waals surface area contributed by atoms with Gasteiger partial charge in [0.1, 0.15) is 13.2 Å². The van der Waals surface area contributed by atoms with E-state index in [-0.39, 0.29) is 6.61 Å². The number of aliphatic hydroxyl groups is 1. The maximum Gasteiger partial charge on any atom is 0.225 e. The summed E-state index contributed by atoms with van der Waals surface area (Å²) in [6.45, 7) is 0.767. The van der Waals surface area contributed by atoms with Crippen LogP contribution in [0.2, 0.25) is 0 Å². The zero-order chi connectivity index (χ0) is 20.6. The zero-order valence-corrected chi connectivity index (χ0v) is 16.6. The second kappa shape index (κ2) is 9.72. The van der Waals surface area contributed by atoms with Crippen molar-refractivity contribution in [1.82, 2.24) is 4.98 Å². The largest absolute Gasteiger partial charge is 0.473 e. The Morgan fingerprint density at radius 3 is 1.87 bits per heavy atom. The fourth-order valence-electron chi connectivity index (χ4n) is 3.20. The van der Waals surface area contributed by atoms with Crippen LogP contribution in [0.1, 0.15) is 16.7 Å². The van der Waals surface area contributed by atoms with Crippen LogP contribution in [0.4, 0.5) is 0 Å². The van der Waals surface area contributed by atoms with Gasteiger partial charge in [-0.3, -0.25) is 0 Å². The van der Waals surface area contributed by atoms with E-state index in [0.717, 1.165) is 27.8 Å². The number of ether oxygens (including phenoxy) is 2. The van der Waals surface area contributed by atoms with Gasteiger partial charge in [-0.05, 0) is 28.3 Å². The maximum absolute atomic E-state index is 9.76. The Bertz CT molecular complexity index is 1080. The van der Waals surface area contributed by atoms with Crippen LogP contribution in [0.3, 0.4) is 0 Å². The summed E-state index contributed by atoms with van der Waals surface area (Å²) in [4.78, 5) is 4.63. The number of nitrogens with zero attached hydrogens (tertiary/aromatic N) is 1. The summed E-state index contributed by atoms with van der Waals surface area (Å²) in [6, 6.07) is 31.4.